The number of aliphatic hydroxyl groups excluding tert-OH is 1. The van der Waals surface area contributed by atoms with E-state index in [0.29, 0.717) is 12.0 Å². The molecule has 0 radical (unpaired) electrons. The summed E-state index contributed by atoms with van der Waals surface area (Å²) >= 11 is 0. The van der Waals surface area contributed by atoms with Gasteiger partial charge in [0, 0.05) is 17.8 Å². The van der Waals surface area contributed by atoms with Gasteiger partial charge in [0.25, 0.3) is 0 Å². The Hall–Kier alpha value is -2.46. The molecule has 0 aromatic heterocycles. The summed E-state index contributed by atoms with van der Waals surface area (Å²) in [6, 6.07) is 14.0. The molecule has 2 aromatic carbocycles. The highest BCUT2D eigenvalue weighted by Crippen LogP contribution is 2.45. The lowest BCUT2D eigenvalue weighted by Crippen LogP contribution is -2.38. The first-order chi connectivity index (χ1) is 13.6. The lowest BCUT2D eigenvalue weighted by molar-refractivity contribution is -0.126. The second-order valence-electron chi connectivity index (χ2n) is 8.15. The number of aryl methyl sites for hydroxylation is 2. The maximum absolute atomic E-state index is 13.4. The number of nitrogens with zero attached hydrogens (tertiary/aromatic N) is 1. The minimum atomic E-state index is -0.481. The Morgan fingerprint density at radius 3 is 2.61 bits per heavy atom. The standard InChI is InChI=1S/C24H27NO3/c1-2-3-17-4-8-21(9-5-17)25-13-12-24(23(25)28)11-10-18-6-7-19(22(27)16-26)14-20(18)15-24/h4-9,14,26H,2-3,10-13,15-16H2,1H3/t24-/m1/s1. The van der Waals surface area contributed by atoms with Crippen LogP contribution in [0.25, 0.3) is 0 Å². The van der Waals surface area contributed by atoms with Gasteiger partial charge in [-0.15, -0.1) is 0 Å². The van der Waals surface area contributed by atoms with Crippen molar-refractivity contribution < 1.29 is 14.7 Å². The van der Waals surface area contributed by atoms with Gasteiger partial charge < -0.3 is 10.0 Å². The number of benzene rings is 2. The lowest BCUT2D eigenvalue weighted by atomic mass is 9.70. The molecule has 0 unspecified atom stereocenters. The molecule has 2 aromatic rings. The minimum absolute atomic E-state index is 0.209. The second kappa shape index (κ2) is 7.51. The molecule has 4 nitrogen and oxygen atoms in total. The first-order valence-electron chi connectivity index (χ1n) is 10.2. The van der Waals surface area contributed by atoms with Crippen LogP contribution in [0.4, 0.5) is 5.69 Å². The van der Waals surface area contributed by atoms with Crippen molar-refractivity contribution in [2.24, 2.45) is 5.41 Å². The molecular weight excluding hydrogens is 350 g/mol. The van der Waals surface area contributed by atoms with Gasteiger partial charge in [0.2, 0.25) is 5.91 Å². The van der Waals surface area contributed by atoms with Gasteiger partial charge in [-0.3, -0.25) is 9.59 Å². The Labute approximate surface area is 166 Å². The molecule has 1 N–H and O–H groups in total. The second-order valence-corrected chi connectivity index (χ2v) is 8.15. The first kappa shape index (κ1) is 18.9. The van der Waals surface area contributed by atoms with Gasteiger partial charge in [-0.05, 0) is 67.0 Å². The van der Waals surface area contributed by atoms with Crippen LogP contribution in [0.3, 0.4) is 0 Å². The van der Waals surface area contributed by atoms with Gasteiger partial charge in [-0.1, -0.05) is 37.6 Å². The Morgan fingerprint density at radius 1 is 1.11 bits per heavy atom. The van der Waals surface area contributed by atoms with Gasteiger partial charge in [0.15, 0.2) is 5.78 Å². The highest BCUT2D eigenvalue weighted by Gasteiger charge is 2.48. The van der Waals surface area contributed by atoms with Crippen LogP contribution < -0.4 is 4.90 Å². The molecule has 1 saturated heterocycles. The van der Waals surface area contributed by atoms with Crippen molar-refractivity contribution in [1.82, 2.24) is 0 Å². The Bertz CT molecular complexity index is 903. The molecule has 1 heterocycles. The maximum atomic E-state index is 13.4. The summed E-state index contributed by atoms with van der Waals surface area (Å²) in [6.07, 6.45) is 5.42. The number of rotatable bonds is 5. The number of anilines is 1. The zero-order valence-electron chi connectivity index (χ0n) is 16.4. The number of amides is 1. The number of carbonyl (C=O) groups excluding carboxylic acids is 2. The third-order valence-corrected chi connectivity index (χ3v) is 6.37. The quantitative estimate of drug-likeness (QED) is 0.808. The summed E-state index contributed by atoms with van der Waals surface area (Å²) in [4.78, 5) is 27.2. The van der Waals surface area contributed by atoms with E-state index in [0.717, 1.165) is 49.9 Å². The van der Waals surface area contributed by atoms with Crippen molar-refractivity contribution in [2.75, 3.05) is 18.1 Å². The van der Waals surface area contributed by atoms with Crippen molar-refractivity contribution in [2.45, 2.75) is 45.4 Å². The Morgan fingerprint density at radius 2 is 1.89 bits per heavy atom. The molecule has 2 aliphatic rings. The fraction of sp³-hybridized carbons (Fsp3) is 0.417. The van der Waals surface area contributed by atoms with Crippen LogP contribution in [0.5, 0.6) is 0 Å². The molecule has 1 aliphatic carbocycles. The zero-order valence-corrected chi connectivity index (χ0v) is 16.4. The molecular formula is C24H27NO3. The molecule has 0 bridgehead atoms. The van der Waals surface area contributed by atoms with Crippen LogP contribution in [0.15, 0.2) is 42.5 Å². The number of hydrogen-bond acceptors (Lipinski definition) is 3. The molecule has 1 spiro atoms. The monoisotopic (exact) mass is 377 g/mol. The molecule has 4 heteroatoms. The van der Waals surface area contributed by atoms with Crippen LogP contribution in [0, 0.1) is 5.41 Å². The largest absolute Gasteiger partial charge is 0.388 e. The van der Waals surface area contributed by atoms with E-state index in [9.17, 15) is 9.59 Å². The summed E-state index contributed by atoms with van der Waals surface area (Å²) in [6.45, 7) is 2.43. The molecule has 146 valence electrons. The van der Waals surface area contributed by atoms with Gasteiger partial charge >= 0.3 is 0 Å². The molecule has 0 saturated carbocycles. The predicted molar refractivity (Wildman–Crippen MR) is 110 cm³/mol. The van der Waals surface area contributed by atoms with E-state index < -0.39 is 6.61 Å². The average Bonchev–Trinajstić information content (AvgIpc) is 3.03. The fourth-order valence-electron chi connectivity index (χ4n) is 4.72. The van der Waals surface area contributed by atoms with E-state index in [1.54, 1.807) is 6.07 Å². The number of ketones is 1. The van der Waals surface area contributed by atoms with E-state index in [4.69, 9.17) is 5.11 Å². The van der Waals surface area contributed by atoms with E-state index >= 15 is 0 Å². The average molecular weight is 377 g/mol. The number of fused-ring (bicyclic) bond motifs is 1. The molecule has 1 atom stereocenters. The fourth-order valence-corrected chi connectivity index (χ4v) is 4.72. The number of hydrogen-bond donors (Lipinski definition) is 1. The number of carbonyl (C=O) groups is 2. The van der Waals surface area contributed by atoms with E-state index in [1.807, 2.05) is 17.0 Å². The normalized spacial score (nSPS) is 21.2. The molecule has 28 heavy (non-hydrogen) atoms. The van der Waals surface area contributed by atoms with E-state index in [2.05, 4.69) is 31.2 Å². The van der Waals surface area contributed by atoms with Gasteiger partial charge in [-0.25, -0.2) is 0 Å². The van der Waals surface area contributed by atoms with Crippen LogP contribution in [-0.2, 0) is 24.1 Å². The first-order valence-corrected chi connectivity index (χ1v) is 10.2. The highest BCUT2D eigenvalue weighted by molar-refractivity contribution is 6.00. The Kier molecular flexibility index (Phi) is 5.07. The van der Waals surface area contributed by atoms with Gasteiger partial charge in [0.1, 0.15) is 6.61 Å². The third kappa shape index (κ3) is 3.26. The molecule has 1 aliphatic heterocycles. The van der Waals surface area contributed by atoms with Crippen LogP contribution in [0.2, 0.25) is 0 Å². The number of Topliss-reactive ketones (excluding diaryl/α,β-unsaturated/α-hetero) is 1. The van der Waals surface area contributed by atoms with Gasteiger partial charge in [-0.2, -0.15) is 0 Å². The predicted octanol–water partition coefficient (Wildman–Crippen LogP) is 3.73. The smallest absolute Gasteiger partial charge is 0.233 e. The topological polar surface area (TPSA) is 57.6 Å². The summed E-state index contributed by atoms with van der Waals surface area (Å²) < 4.78 is 0. The van der Waals surface area contributed by atoms with Crippen molar-refractivity contribution in [3.8, 4) is 0 Å². The molecule has 1 amide bonds. The van der Waals surface area contributed by atoms with Crippen LogP contribution in [-0.4, -0.2) is 29.9 Å². The van der Waals surface area contributed by atoms with E-state index in [-0.39, 0.29) is 17.1 Å². The summed E-state index contributed by atoms with van der Waals surface area (Å²) in [5, 5.41) is 9.14. The summed E-state index contributed by atoms with van der Waals surface area (Å²) in [7, 11) is 0. The molecule has 1 fully saturated rings. The summed E-state index contributed by atoms with van der Waals surface area (Å²) in [5.41, 5.74) is 4.76. The SMILES string of the molecule is CCCc1ccc(N2CC[C@@]3(CCc4ccc(C(=O)CO)cc4C3)C2=O)cc1. The number of aliphatic hydroxyl groups is 1. The lowest BCUT2D eigenvalue weighted by Gasteiger charge is -2.33. The van der Waals surface area contributed by atoms with E-state index in [1.165, 1.54) is 11.1 Å². The zero-order chi connectivity index (χ0) is 19.7. The minimum Gasteiger partial charge on any atom is -0.388 e. The van der Waals surface area contributed by atoms with Gasteiger partial charge in [0.05, 0.1) is 5.41 Å². The third-order valence-electron chi connectivity index (χ3n) is 6.37. The maximum Gasteiger partial charge on any atom is 0.233 e. The van der Waals surface area contributed by atoms with Crippen molar-refractivity contribution in [3.05, 3.63) is 64.7 Å². The van der Waals surface area contributed by atoms with Crippen LogP contribution in [0.1, 0.15) is 53.2 Å². The Balaban J connectivity index is 1.57. The summed E-state index contributed by atoms with van der Waals surface area (Å²) in [5.74, 6) is -0.0609. The van der Waals surface area contributed by atoms with Crippen LogP contribution >= 0.6 is 0 Å². The van der Waals surface area contributed by atoms with Crippen molar-refractivity contribution in [1.29, 1.82) is 0 Å². The van der Waals surface area contributed by atoms with Crippen molar-refractivity contribution in [3.63, 3.8) is 0 Å². The van der Waals surface area contributed by atoms with Crippen molar-refractivity contribution >= 4 is 17.4 Å². The highest BCUT2D eigenvalue weighted by atomic mass is 16.3. The molecule has 4 rings (SSSR count).